The van der Waals surface area contributed by atoms with E-state index < -0.39 is 5.60 Å². The van der Waals surface area contributed by atoms with Crippen molar-refractivity contribution in [2.75, 3.05) is 32.7 Å². The molecule has 1 saturated heterocycles. The smallest absolute Gasteiger partial charge is 0.259 e. The van der Waals surface area contributed by atoms with Crippen molar-refractivity contribution in [3.63, 3.8) is 0 Å². The summed E-state index contributed by atoms with van der Waals surface area (Å²) in [5, 5.41) is 11.8. The number of piperazine rings is 1. The lowest BCUT2D eigenvalue weighted by atomic mass is 9.79. The summed E-state index contributed by atoms with van der Waals surface area (Å²) >= 11 is 0. The number of carbonyl (C=O) groups excluding carboxylic acids is 1. The van der Waals surface area contributed by atoms with Crippen molar-refractivity contribution in [2.24, 2.45) is 22.6 Å². The fourth-order valence-electron chi connectivity index (χ4n) is 5.64. The van der Waals surface area contributed by atoms with Gasteiger partial charge in [0, 0.05) is 38.6 Å². The maximum Gasteiger partial charge on any atom is 0.259 e. The summed E-state index contributed by atoms with van der Waals surface area (Å²) in [5.74, 6) is 1.11. The Bertz CT molecular complexity index is 748. The lowest BCUT2D eigenvalue weighted by Crippen LogP contribution is -2.58. The minimum absolute atomic E-state index is 0.0115. The van der Waals surface area contributed by atoms with Crippen LogP contribution in [0.2, 0.25) is 0 Å². The Kier molecular flexibility index (Phi) is 7.16. The van der Waals surface area contributed by atoms with E-state index in [1.165, 1.54) is 32.1 Å². The van der Waals surface area contributed by atoms with Crippen LogP contribution in [-0.2, 0) is 10.4 Å². The summed E-state index contributed by atoms with van der Waals surface area (Å²) in [5.41, 5.74) is 5.58. The van der Waals surface area contributed by atoms with Crippen molar-refractivity contribution in [1.29, 1.82) is 0 Å². The van der Waals surface area contributed by atoms with Crippen LogP contribution in [0.25, 0.3) is 0 Å². The number of guanidine groups is 1. The fourth-order valence-corrected chi connectivity index (χ4v) is 5.64. The number of aliphatic hydroxyl groups is 1. The van der Waals surface area contributed by atoms with Crippen LogP contribution in [0.3, 0.4) is 0 Å². The summed E-state index contributed by atoms with van der Waals surface area (Å²) in [4.78, 5) is 22.2. The zero-order valence-corrected chi connectivity index (χ0v) is 18.7. The number of aliphatic imine (C=N–C) groups is 1. The number of nitrogens with zero attached hydrogens (tertiary/aromatic N) is 3. The molecule has 1 atom stereocenters. The summed E-state index contributed by atoms with van der Waals surface area (Å²) in [6.45, 7) is 3.30. The lowest BCUT2D eigenvalue weighted by molar-refractivity contribution is -0.160. The molecule has 1 aromatic rings. The van der Waals surface area contributed by atoms with E-state index in [2.05, 4.69) is 9.89 Å². The maximum atomic E-state index is 13.6. The molecule has 0 aromatic heterocycles. The first kappa shape index (κ1) is 22.1. The minimum Gasteiger partial charge on any atom is -0.375 e. The van der Waals surface area contributed by atoms with Gasteiger partial charge in [-0.15, -0.1) is 0 Å². The van der Waals surface area contributed by atoms with Gasteiger partial charge in [-0.2, -0.15) is 0 Å². The van der Waals surface area contributed by atoms with E-state index in [1.807, 2.05) is 35.2 Å². The molecule has 170 valence electrons. The summed E-state index contributed by atoms with van der Waals surface area (Å²) in [6.07, 6.45) is 10.5. The molecule has 4 rings (SSSR count). The number of benzene rings is 1. The topological polar surface area (TPSA) is 82.2 Å². The van der Waals surface area contributed by atoms with E-state index in [0.29, 0.717) is 38.1 Å². The van der Waals surface area contributed by atoms with Crippen molar-refractivity contribution >= 4 is 11.9 Å². The zero-order chi connectivity index (χ0) is 21.7. The molecule has 1 amide bonds. The summed E-state index contributed by atoms with van der Waals surface area (Å²) < 4.78 is 0. The van der Waals surface area contributed by atoms with Crippen LogP contribution in [0.5, 0.6) is 0 Å². The molecule has 6 heteroatoms. The third-order valence-corrected chi connectivity index (χ3v) is 7.61. The zero-order valence-electron chi connectivity index (χ0n) is 18.7. The Morgan fingerprint density at radius 2 is 1.52 bits per heavy atom. The predicted octanol–water partition coefficient (Wildman–Crippen LogP) is 3.10. The van der Waals surface area contributed by atoms with Gasteiger partial charge in [-0.25, -0.2) is 0 Å². The van der Waals surface area contributed by atoms with Crippen molar-refractivity contribution in [3.8, 4) is 0 Å². The Labute approximate surface area is 186 Å². The van der Waals surface area contributed by atoms with E-state index in [9.17, 15) is 9.90 Å². The molecule has 3 N–H and O–H groups in total. The molecule has 2 aliphatic carbocycles. The standard InChI is InChI=1S/C25H38N4O2/c26-24(27-19-20-9-3-1-4-10-20)29-17-15-28(16-18-29)23(30)25(31,22-13-7-8-14-22)21-11-5-2-6-12-21/h2,5-6,11-12,20,22,31H,1,3-4,7-10,13-19H2,(H2,26,27)/t25-/m0/s1. The molecule has 0 spiro atoms. The van der Waals surface area contributed by atoms with Crippen molar-refractivity contribution < 1.29 is 9.90 Å². The van der Waals surface area contributed by atoms with Crippen molar-refractivity contribution in [3.05, 3.63) is 35.9 Å². The third-order valence-electron chi connectivity index (χ3n) is 7.61. The largest absolute Gasteiger partial charge is 0.375 e. The first-order valence-electron chi connectivity index (χ1n) is 12.2. The monoisotopic (exact) mass is 426 g/mol. The molecule has 3 aliphatic rings. The summed E-state index contributed by atoms with van der Waals surface area (Å²) in [6, 6.07) is 9.52. The van der Waals surface area contributed by atoms with Gasteiger partial charge >= 0.3 is 0 Å². The molecule has 31 heavy (non-hydrogen) atoms. The second-order valence-corrected chi connectivity index (χ2v) is 9.60. The Morgan fingerprint density at radius 3 is 2.16 bits per heavy atom. The average Bonchev–Trinajstić information content (AvgIpc) is 3.38. The highest BCUT2D eigenvalue weighted by Gasteiger charge is 2.48. The van der Waals surface area contributed by atoms with Gasteiger partial charge in [-0.1, -0.05) is 62.4 Å². The number of hydrogen-bond acceptors (Lipinski definition) is 3. The molecular formula is C25H38N4O2. The minimum atomic E-state index is -1.43. The molecule has 1 aliphatic heterocycles. The van der Waals surface area contributed by atoms with Gasteiger partial charge in [-0.05, 0) is 37.2 Å². The van der Waals surface area contributed by atoms with E-state index in [-0.39, 0.29) is 11.8 Å². The van der Waals surface area contributed by atoms with Gasteiger partial charge in [0.15, 0.2) is 11.6 Å². The Balaban J connectivity index is 1.39. The van der Waals surface area contributed by atoms with Gasteiger partial charge < -0.3 is 20.6 Å². The van der Waals surface area contributed by atoms with Crippen LogP contribution in [-0.4, -0.2) is 59.5 Å². The SMILES string of the molecule is NC(=NCC1CCCCC1)N1CCN(C(=O)[C@](O)(c2ccccc2)C2CCCC2)CC1. The number of nitrogens with two attached hydrogens (primary N) is 1. The van der Waals surface area contributed by atoms with Crippen molar-refractivity contribution in [2.45, 2.75) is 63.4 Å². The Morgan fingerprint density at radius 1 is 0.935 bits per heavy atom. The molecule has 6 nitrogen and oxygen atoms in total. The number of amides is 1. The number of carbonyl (C=O) groups is 1. The van der Waals surface area contributed by atoms with Crippen LogP contribution in [0.4, 0.5) is 0 Å². The second kappa shape index (κ2) is 10.0. The van der Waals surface area contributed by atoms with Crippen LogP contribution < -0.4 is 5.73 Å². The van der Waals surface area contributed by atoms with E-state index in [1.54, 1.807) is 0 Å². The molecule has 3 fully saturated rings. The molecule has 0 radical (unpaired) electrons. The van der Waals surface area contributed by atoms with E-state index >= 15 is 0 Å². The second-order valence-electron chi connectivity index (χ2n) is 9.60. The van der Waals surface area contributed by atoms with Gasteiger partial charge in [0.25, 0.3) is 5.91 Å². The summed E-state index contributed by atoms with van der Waals surface area (Å²) in [7, 11) is 0. The first-order chi connectivity index (χ1) is 15.1. The highest BCUT2D eigenvalue weighted by molar-refractivity contribution is 5.87. The van der Waals surface area contributed by atoms with E-state index in [4.69, 9.17) is 5.73 Å². The number of rotatable bonds is 5. The Hall–Kier alpha value is -2.08. The van der Waals surface area contributed by atoms with Gasteiger partial charge in [0.05, 0.1) is 0 Å². The first-order valence-corrected chi connectivity index (χ1v) is 12.2. The van der Waals surface area contributed by atoms with Crippen LogP contribution in [0.15, 0.2) is 35.3 Å². The molecule has 1 heterocycles. The molecule has 2 saturated carbocycles. The maximum absolute atomic E-state index is 13.6. The average molecular weight is 427 g/mol. The van der Waals surface area contributed by atoms with Crippen LogP contribution in [0, 0.1) is 11.8 Å². The lowest BCUT2D eigenvalue weighted by Gasteiger charge is -2.41. The molecule has 1 aromatic carbocycles. The van der Waals surface area contributed by atoms with Gasteiger partial charge in [0.1, 0.15) is 0 Å². The van der Waals surface area contributed by atoms with Gasteiger partial charge in [-0.3, -0.25) is 9.79 Å². The van der Waals surface area contributed by atoms with Crippen LogP contribution >= 0.6 is 0 Å². The molecular weight excluding hydrogens is 388 g/mol. The van der Waals surface area contributed by atoms with Crippen LogP contribution in [0.1, 0.15) is 63.4 Å². The van der Waals surface area contributed by atoms with Crippen molar-refractivity contribution in [1.82, 2.24) is 9.80 Å². The quantitative estimate of drug-likeness (QED) is 0.560. The normalized spacial score (nSPS) is 23.7. The van der Waals surface area contributed by atoms with E-state index in [0.717, 1.165) is 37.8 Å². The highest BCUT2D eigenvalue weighted by Crippen LogP contribution is 2.42. The molecule has 0 unspecified atom stereocenters. The fraction of sp³-hybridized carbons (Fsp3) is 0.680. The number of hydrogen-bond donors (Lipinski definition) is 2. The predicted molar refractivity (Wildman–Crippen MR) is 124 cm³/mol. The third kappa shape index (κ3) is 4.89. The van der Waals surface area contributed by atoms with Gasteiger partial charge in [0.2, 0.25) is 0 Å². The highest BCUT2D eigenvalue weighted by atomic mass is 16.3. The molecule has 0 bridgehead atoms.